The van der Waals surface area contributed by atoms with E-state index in [1.54, 1.807) is 24.3 Å². The number of hydrogen-bond donors (Lipinski definition) is 2. The van der Waals surface area contributed by atoms with E-state index in [0.29, 0.717) is 24.2 Å². The Morgan fingerprint density at radius 1 is 0.955 bits per heavy atom. The second-order valence-corrected chi connectivity index (χ2v) is 5.04. The van der Waals surface area contributed by atoms with Crippen molar-refractivity contribution in [2.45, 2.75) is 26.3 Å². The molecule has 0 saturated carbocycles. The maximum Gasteiger partial charge on any atom is 0.251 e. The molecule has 0 radical (unpaired) electrons. The normalized spacial score (nSPS) is 10.0. The van der Waals surface area contributed by atoms with Crippen LogP contribution < -0.4 is 10.6 Å². The molecule has 0 aliphatic carbocycles. The molecule has 0 spiro atoms. The van der Waals surface area contributed by atoms with Crippen molar-refractivity contribution in [1.29, 1.82) is 0 Å². The van der Waals surface area contributed by atoms with Crippen LogP contribution in [0.3, 0.4) is 0 Å². The SMILES string of the molecule is CCCC(=O)Nc1ccc(C(=O)NCc2ccccc2)cc1. The molecule has 2 aromatic carbocycles. The molecule has 4 heteroatoms. The molecule has 0 bridgehead atoms. The lowest BCUT2D eigenvalue weighted by Gasteiger charge is -2.07. The van der Waals surface area contributed by atoms with Crippen LogP contribution in [-0.4, -0.2) is 11.8 Å². The molecule has 0 saturated heterocycles. The van der Waals surface area contributed by atoms with E-state index in [2.05, 4.69) is 10.6 Å². The van der Waals surface area contributed by atoms with E-state index < -0.39 is 0 Å². The summed E-state index contributed by atoms with van der Waals surface area (Å²) in [5.41, 5.74) is 2.33. The highest BCUT2D eigenvalue weighted by molar-refractivity contribution is 5.95. The van der Waals surface area contributed by atoms with Crippen molar-refractivity contribution in [2.24, 2.45) is 0 Å². The molecule has 0 aromatic heterocycles. The number of carbonyl (C=O) groups excluding carboxylic acids is 2. The van der Waals surface area contributed by atoms with Crippen LogP contribution in [0.4, 0.5) is 5.69 Å². The van der Waals surface area contributed by atoms with Gasteiger partial charge < -0.3 is 10.6 Å². The van der Waals surface area contributed by atoms with Crippen molar-refractivity contribution < 1.29 is 9.59 Å². The molecule has 2 N–H and O–H groups in total. The Kier molecular flexibility index (Phi) is 5.72. The summed E-state index contributed by atoms with van der Waals surface area (Å²) in [6.07, 6.45) is 1.31. The smallest absolute Gasteiger partial charge is 0.251 e. The summed E-state index contributed by atoms with van der Waals surface area (Å²) < 4.78 is 0. The monoisotopic (exact) mass is 296 g/mol. The number of amides is 2. The largest absolute Gasteiger partial charge is 0.348 e. The van der Waals surface area contributed by atoms with Gasteiger partial charge in [-0.05, 0) is 36.2 Å². The van der Waals surface area contributed by atoms with Gasteiger partial charge in [0.05, 0.1) is 0 Å². The standard InChI is InChI=1S/C18H20N2O2/c1-2-6-17(21)20-16-11-9-15(10-12-16)18(22)19-13-14-7-4-3-5-8-14/h3-5,7-12H,2,6,13H2,1H3,(H,19,22)(H,20,21). The van der Waals surface area contributed by atoms with E-state index in [4.69, 9.17) is 0 Å². The first-order valence-corrected chi connectivity index (χ1v) is 7.41. The first-order chi connectivity index (χ1) is 10.7. The average molecular weight is 296 g/mol. The van der Waals surface area contributed by atoms with Gasteiger partial charge in [-0.25, -0.2) is 0 Å². The van der Waals surface area contributed by atoms with Crippen molar-refractivity contribution in [3.05, 3.63) is 65.7 Å². The highest BCUT2D eigenvalue weighted by Gasteiger charge is 2.06. The van der Waals surface area contributed by atoms with Gasteiger partial charge >= 0.3 is 0 Å². The molecule has 22 heavy (non-hydrogen) atoms. The van der Waals surface area contributed by atoms with E-state index in [1.165, 1.54) is 0 Å². The fraction of sp³-hybridized carbons (Fsp3) is 0.222. The molecule has 2 rings (SSSR count). The number of rotatable bonds is 6. The molecule has 0 aliphatic rings. The van der Waals surface area contributed by atoms with Gasteiger partial charge in [0.1, 0.15) is 0 Å². The fourth-order valence-corrected chi connectivity index (χ4v) is 2.04. The lowest BCUT2D eigenvalue weighted by molar-refractivity contribution is -0.116. The Morgan fingerprint density at radius 3 is 2.27 bits per heavy atom. The highest BCUT2D eigenvalue weighted by atomic mass is 16.2. The summed E-state index contributed by atoms with van der Waals surface area (Å²) in [5, 5.41) is 5.67. The van der Waals surface area contributed by atoms with E-state index in [0.717, 1.165) is 12.0 Å². The summed E-state index contributed by atoms with van der Waals surface area (Å²) in [6.45, 7) is 2.45. The molecule has 0 atom stereocenters. The fourth-order valence-electron chi connectivity index (χ4n) is 2.04. The van der Waals surface area contributed by atoms with Crippen molar-refractivity contribution in [3.8, 4) is 0 Å². The van der Waals surface area contributed by atoms with Gasteiger partial charge in [0.2, 0.25) is 5.91 Å². The van der Waals surface area contributed by atoms with E-state index in [-0.39, 0.29) is 11.8 Å². The van der Waals surface area contributed by atoms with Gasteiger partial charge in [-0.3, -0.25) is 9.59 Å². The Bertz CT molecular complexity index is 621. The zero-order valence-electron chi connectivity index (χ0n) is 12.6. The van der Waals surface area contributed by atoms with Crippen LogP contribution >= 0.6 is 0 Å². The number of hydrogen-bond acceptors (Lipinski definition) is 2. The highest BCUT2D eigenvalue weighted by Crippen LogP contribution is 2.10. The minimum Gasteiger partial charge on any atom is -0.348 e. The first-order valence-electron chi connectivity index (χ1n) is 7.41. The van der Waals surface area contributed by atoms with Crippen LogP contribution in [0.1, 0.15) is 35.7 Å². The quantitative estimate of drug-likeness (QED) is 0.858. The summed E-state index contributed by atoms with van der Waals surface area (Å²) in [6, 6.07) is 16.7. The average Bonchev–Trinajstić information content (AvgIpc) is 2.54. The zero-order valence-corrected chi connectivity index (χ0v) is 12.6. The van der Waals surface area contributed by atoms with Gasteiger partial charge in [0, 0.05) is 24.2 Å². The van der Waals surface area contributed by atoms with Crippen LogP contribution in [0.15, 0.2) is 54.6 Å². The van der Waals surface area contributed by atoms with Crippen molar-refractivity contribution in [3.63, 3.8) is 0 Å². The van der Waals surface area contributed by atoms with Crippen molar-refractivity contribution >= 4 is 17.5 Å². The van der Waals surface area contributed by atoms with Crippen LogP contribution in [0.25, 0.3) is 0 Å². The van der Waals surface area contributed by atoms with Gasteiger partial charge in [0.15, 0.2) is 0 Å². The Morgan fingerprint density at radius 2 is 1.64 bits per heavy atom. The molecule has 2 aromatic rings. The molecule has 0 aliphatic heterocycles. The number of carbonyl (C=O) groups is 2. The third kappa shape index (κ3) is 4.74. The number of benzene rings is 2. The van der Waals surface area contributed by atoms with Crippen molar-refractivity contribution in [1.82, 2.24) is 5.32 Å². The zero-order chi connectivity index (χ0) is 15.8. The van der Waals surface area contributed by atoms with Crippen LogP contribution in [0, 0.1) is 0 Å². The topological polar surface area (TPSA) is 58.2 Å². The van der Waals surface area contributed by atoms with Crippen LogP contribution in [0.2, 0.25) is 0 Å². The third-order valence-corrected chi connectivity index (χ3v) is 3.20. The van der Waals surface area contributed by atoms with E-state index in [1.807, 2.05) is 37.3 Å². The predicted octanol–water partition coefficient (Wildman–Crippen LogP) is 3.36. The Labute approximate surface area is 130 Å². The molecule has 0 fully saturated rings. The van der Waals surface area contributed by atoms with E-state index in [9.17, 15) is 9.59 Å². The molecule has 4 nitrogen and oxygen atoms in total. The Hall–Kier alpha value is -2.62. The van der Waals surface area contributed by atoms with Crippen LogP contribution in [-0.2, 0) is 11.3 Å². The van der Waals surface area contributed by atoms with Gasteiger partial charge in [-0.1, -0.05) is 37.3 Å². The first kappa shape index (κ1) is 15.8. The minimum atomic E-state index is -0.129. The van der Waals surface area contributed by atoms with Gasteiger partial charge in [-0.2, -0.15) is 0 Å². The van der Waals surface area contributed by atoms with Gasteiger partial charge in [-0.15, -0.1) is 0 Å². The summed E-state index contributed by atoms with van der Waals surface area (Å²) >= 11 is 0. The van der Waals surface area contributed by atoms with Crippen molar-refractivity contribution in [2.75, 3.05) is 5.32 Å². The second-order valence-electron chi connectivity index (χ2n) is 5.04. The van der Waals surface area contributed by atoms with Gasteiger partial charge in [0.25, 0.3) is 5.91 Å². The second kappa shape index (κ2) is 7.98. The predicted molar refractivity (Wildman–Crippen MR) is 87.6 cm³/mol. The molecular weight excluding hydrogens is 276 g/mol. The molecule has 2 amide bonds. The minimum absolute atomic E-state index is 0.0104. The lowest BCUT2D eigenvalue weighted by atomic mass is 10.1. The van der Waals surface area contributed by atoms with Crippen LogP contribution in [0.5, 0.6) is 0 Å². The lowest BCUT2D eigenvalue weighted by Crippen LogP contribution is -2.22. The third-order valence-electron chi connectivity index (χ3n) is 3.20. The summed E-state index contributed by atoms with van der Waals surface area (Å²) in [4.78, 5) is 23.6. The maximum absolute atomic E-state index is 12.1. The molecule has 114 valence electrons. The molecule has 0 heterocycles. The van der Waals surface area contributed by atoms with E-state index >= 15 is 0 Å². The summed E-state index contributed by atoms with van der Waals surface area (Å²) in [7, 11) is 0. The maximum atomic E-state index is 12.1. The Balaban J connectivity index is 1.89. The molecule has 0 unspecified atom stereocenters. The number of anilines is 1. The summed E-state index contributed by atoms with van der Waals surface area (Å²) in [5.74, 6) is -0.140. The number of nitrogens with one attached hydrogen (secondary N) is 2. The molecular formula is C18H20N2O2.